The van der Waals surface area contributed by atoms with Crippen LogP contribution >= 0.6 is 0 Å². The molecule has 0 saturated carbocycles. The Morgan fingerprint density at radius 3 is 2.58 bits per heavy atom. The van der Waals surface area contributed by atoms with E-state index in [-0.39, 0.29) is 23.9 Å². The third-order valence-corrected chi connectivity index (χ3v) is 3.38. The van der Waals surface area contributed by atoms with Crippen molar-refractivity contribution < 1.29 is 14.3 Å². The highest BCUT2D eigenvalue weighted by atomic mass is 16.5. The normalized spacial score (nSPS) is 11.4. The summed E-state index contributed by atoms with van der Waals surface area (Å²) < 4.78 is 5.46. The summed E-state index contributed by atoms with van der Waals surface area (Å²) in [5.41, 5.74) is 0.958. The summed E-state index contributed by atoms with van der Waals surface area (Å²) in [7, 11) is 1.61. The fourth-order valence-corrected chi connectivity index (χ4v) is 2.43. The van der Waals surface area contributed by atoms with Gasteiger partial charge >= 0.3 is 0 Å². The Hall–Kier alpha value is -2.50. The summed E-state index contributed by atoms with van der Waals surface area (Å²) in [4.78, 5) is 29.0. The van der Waals surface area contributed by atoms with E-state index in [1.165, 1.54) is 4.90 Å². The predicted octanol–water partition coefficient (Wildman–Crippen LogP) is 2.55. The second-order valence-electron chi connectivity index (χ2n) is 6.82. The molecule has 1 heterocycles. The lowest BCUT2D eigenvalue weighted by molar-refractivity contribution is -0.122. The van der Waals surface area contributed by atoms with Gasteiger partial charge in [0.15, 0.2) is 0 Å². The zero-order valence-corrected chi connectivity index (χ0v) is 14.9. The molecular formula is C18H25N3O3. The maximum absolute atomic E-state index is 12.5. The fraction of sp³-hybridized carbons (Fsp3) is 0.444. The maximum atomic E-state index is 12.5. The first kappa shape index (κ1) is 17.8. The SMILES string of the molecule is CCOc1ccc2cc(C(=O)N(C)CC(=O)NC(C)(C)C)[nH]c2c1. The van der Waals surface area contributed by atoms with Crippen LogP contribution in [0.3, 0.4) is 0 Å². The van der Waals surface area contributed by atoms with Gasteiger partial charge in [-0.2, -0.15) is 0 Å². The molecule has 0 spiro atoms. The van der Waals surface area contributed by atoms with Crippen molar-refractivity contribution >= 4 is 22.7 Å². The van der Waals surface area contributed by atoms with Crippen LogP contribution in [-0.4, -0.2) is 47.4 Å². The van der Waals surface area contributed by atoms with Crippen LogP contribution in [0.15, 0.2) is 24.3 Å². The van der Waals surface area contributed by atoms with Crippen LogP contribution in [0.25, 0.3) is 10.9 Å². The number of rotatable bonds is 5. The highest BCUT2D eigenvalue weighted by Crippen LogP contribution is 2.22. The van der Waals surface area contributed by atoms with Gasteiger partial charge in [0.25, 0.3) is 5.91 Å². The van der Waals surface area contributed by atoms with Crippen LogP contribution in [0.1, 0.15) is 38.2 Å². The van der Waals surface area contributed by atoms with Gasteiger partial charge in [-0.15, -0.1) is 0 Å². The molecule has 2 aromatic rings. The molecule has 2 rings (SSSR count). The molecule has 1 aromatic carbocycles. The molecule has 130 valence electrons. The van der Waals surface area contributed by atoms with Gasteiger partial charge in [0.1, 0.15) is 11.4 Å². The standard InChI is InChI=1S/C18H25N3O3/c1-6-24-13-8-7-12-9-15(19-14(12)10-13)17(23)21(5)11-16(22)20-18(2,3)4/h7-10,19H,6,11H2,1-5H3,(H,20,22). The quantitative estimate of drug-likeness (QED) is 0.884. The number of carbonyl (C=O) groups excluding carboxylic acids is 2. The van der Waals surface area contributed by atoms with Crippen molar-refractivity contribution in [3.63, 3.8) is 0 Å². The number of nitrogens with zero attached hydrogens (tertiary/aromatic N) is 1. The van der Waals surface area contributed by atoms with Crippen molar-refractivity contribution in [3.05, 3.63) is 30.0 Å². The number of likely N-dealkylation sites (N-methyl/N-ethyl adjacent to an activating group) is 1. The van der Waals surface area contributed by atoms with Crippen molar-refractivity contribution in [2.45, 2.75) is 33.2 Å². The third kappa shape index (κ3) is 4.50. The van der Waals surface area contributed by atoms with E-state index in [9.17, 15) is 9.59 Å². The average Bonchev–Trinajstić information content (AvgIpc) is 2.87. The van der Waals surface area contributed by atoms with Crippen molar-refractivity contribution in [2.75, 3.05) is 20.2 Å². The van der Waals surface area contributed by atoms with Gasteiger partial charge in [0.05, 0.1) is 13.2 Å². The molecule has 0 aliphatic rings. The van der Waals surface area contributed by atoms with Crippen LogP contribution in [0.2, 0.25) is 0 Å². The molecule has 0 aliphatic carbocycles. The monoisotopic (exact) mass is 331 g/mol. The van der Waals surface area contributed by atoms with Crippen LogP contribution in [0.4, 0.5) is 0 Å². The lowest BCUT2D eigenvalue weighted by atomic mass is 10.1. The lowest BCUT2D eigenvalue weighted by Gasteiger charge is -2.23. The molecule has 0 fully saturated rings. The Morgan fingerprint density at radius 1 is 1.25 bits per heavy atom. The smallest absolute Gasteiger partial charge is 0.270 e. The first-order chi connectivity index (χ1) is 11.2. The largest absolute Gasteiger partial charge is 0.494 e. The molecule has 2 N–H and O–H groups in total. The van der Waals surface area contributed by atoms with E-state index in [0.717, 1.165) is 16.7 Å². The molecule has 0 saturated heterocycles. The second-order valence-corrected chi connectivity index (χ2v) is 6.82. The number of ether oxygens (including phenoxy) is 1. The number of aromatic nitrogens is 1. The highest BCUT2D eigenvalue weighted by molar-refractivity contribution is 5.99. The Balaban J connectivity index is 2.11. The number of benzene rings is 1. The molecule has 0 aliphatic heterocycles. The van der Waals surface area contributed by atoms with Gasteiger partial charge < -0.3 is 19.9 Å². The lowest BCUT2D eigenvalue weighted by Crippen LogP contribution is -2.46. The molecule has 0 bridgehead atoms. The molecule has 2 amide bonds. The van der Waals surface area contributed by atoms with Crippen molar-refractivity contribution in [1.82, 2.24) is 15.2 Å². The van der Waals surface area contributed by atoms with Crippen LogP contribution in [0, 0.1) is 0 Å². The summed E-state index contributed by atoms with van der Waals surface area (Å²) >= 11 is 0. The summed E-state index contributed by atoms with van der Waals surface area (Å²) in [6.45, 7) is 8.23. The fourth-order valence-electron chi connectivity index (χ4n) is 2.43. The van der Waals surface area contributed by atoms with Crippen molar-refractivity contribution in [1.29, 1.82) is 0 Å². The number of aromatic amines is 1. The van der Waals surface area contributed by atoms with Crippen LogP contribution in [-0.2, 0) is 4.79 Å². The Labute approximate surface area is 142 Å². The molecule has 1 aromatic heterocycles. The molecule has 0 unspecified atom stereocenters. The van der Waals surface area contributed by atoms with E-state index >= 15 is 0 Å². The first-order valence-electron chi connectivity index (χ1n) is 8.01. The Morgan fingerprint density at radius 2 is 1.96 bits per heavy atom. The van der Waals surface area contributed by atoms with Crippen molar-refractivity contribution in [3.8, 4) is 5.75 Å². The highest BCUT2D eigenvalue weighted by Gasteiger charge is 2.20. The topological polar surface area (TPSA) is 74.4 Å². The number of H-pyrrole nitrogens is 1. The average molecular weight is 331 g/mol. The minimum absolute atomic E-state index is 0.00959. The summed E-state index contributed by atoms with van der Waals surface area (Å²) in [5, 5.41) is 3.77. The van der Waals surface area contributed by atoms with Crippen LogP contribution in [0.5, 0.6) is 5.75 Å². The number of fused-ring (bicyclic) bond motifs is 1. The molecule has 0 atom stereocenters. The van der Waals surface area contributed by atoms with Gasteiger partial charge in [-0.25, -0.2) is 0 Å². The molecular weight excluding hydrogens is 306 g/mol. The van der Waals surface area contributed by atoms with Crippen molar-refractivity contribution in [2.24, 2.45) is 0 Å². The zero-order chi connectivity index (χ0) is 17.9. The van der Waals surface area contributed by atoms with E-state index < -0.39 is 0 Å². The van der Waals surface area contributed by atoms with Gasteiger partial charge in [0.2, 0.25) is 5.91 Å². The molecule has 0 radical (unpaired) electrons. The summed E-state index contributed by atoms with van der Waals surface area (Å²) in [6, 6.07) is 7.42. The van der Waals surface area contributed by atoms with E-state index in [0.29, 0.717) is 12.3 Å². The maximum Gasteiger partial charge on any atom is 0.270 e. The van der Waals surface area contributed by atoms with Crippen LogP contribution < -0.4 is 10.1 Å². The number of nitrogens with one attached hydrogen (secondary N) is 2. The van der Waals surface area contributed by atoms with Gasteiger partial charge in [-0.3, -0.25) is 9.59 Å². The summed E-state index contributed by atoms with van der Waals surface area (Å²) in [5.74, 6) is 0.338. The molecule has 6 heteroatoms. The van der Waals surface area contributed by atoms with E-state index in [1.54, 1.807) is 13.1 Å². The first-order valence-corrected chi connectivity index (χ1v) is 8.01. The Bertz CT molecular complexity index is 744. The molecule has 24 heavy (non-hydrogen) atoms. The Kier molecular flexibility index (Phi) is 5.17. The minimum atomic E-state index is -0.322. The van der Waals surface area contributed by atoms with Gasteiger partial charge in [0, 0.05) is 29.6 Å². The minimum Gasteiger partial charge on any atom is -0.494 e. The van der Waals surface area contributed by atoms with Gasteiger partial charge in [-0.1, -0.05) is 0 Å². The molecule has 6 nitrogen and oxygen atoms in total. The van der Waals surface area contributed by atoms with E-state index in [2.05, 4.69) is 10.3 Å². The third-order valence-electron chi connectivity index (χ3n) is 3.38. The number of carbonyl (C=O) groups is 2. The summed E-state index contributed by atoms with van der Waals surface area (Å²) in [6.07, 6.45) is 0. The predicted molar refractivity (Wildman–Crippen MR) is 94.3 cm³/mol. The number of hydrogen-bond acceptors (Lipinski definition) is 3. The number of hydrogen-bond donors (Lipinski definition) is 2. The van der Waals surface area contributed by atoms with Gasteiger partial charge in [-0.05, 0) is 45.9 Å². The van der Waals surface area contributed by atoms with E-state index in [1.807, 2.05) is 45.9 Å². The number of amides is 2. The zero-order valence-electron chi connectivity index (χ0n) is 14.9. The second kappa shape index (κ2) is 6.95. The van der Waals surface area contributed by atoms with E-state index in [4.69, 9.17) is 4.74 Å².